The van der Waals surface area contributed by atoms with Crippen molar-refractivity contribution in [2.45, 2.75) is 72.4 Å². The van der Waals surface area contributed by atoms with E-state index in [1.54, 1.807) is 0 Å². The number of ether oxygens (including phenoxy) is 1. The minimum Gasteiger partial charge on any atom is -0.465 e. The van der Waals surface area contributed by atoms with Crippen LogP contribution >= 0.6 is 6.34 Å². The fourth-order valence-corrected chi connectivity index (χ4v) is 5.55. The van der Waals surface area contributed by atoms with Gasteiger partial charge in [-0.15, -0.1) is 0 Å². The molecule has 22 heavy (non-hydrogen) atoms. The highest BCUT2D eigenvalue weighted by Crippen LogP contribution is 2.36. The third-order valence-electron chi connectivity index (χ3n) is 3.45. The third kappa shape index (κ3) is 10.7. The summed E-state index contributed by atoms with van der Waals surface area (Å²) in [6, 6.07) is 0.724. The number of esters is 1. The Morgan fingerprint density at radius 2 is 1.68 bits per heavy atom. The van der Waals surface area contributed by atoms with Crippen molar-refractivity contribution in [1.82, 2.24) is 15.5 Å². The van der Waals surface area contributed by atoms with E-state index in [2.05, 4.69) is 50.1 Å². The van der Waals surface area contributed by atoms with E-state index in [9.17, 15) is 4.79 Å². The maximum Gasteiger partial charge on any atom is 0.319 e. The molecule has 2 atom stereocenters. The molecule has 0 aromatic carbocycles. The summed E-state index contributed by atoms with van der Waals surface area (Å²) in [6.45, 7) is 11.3. The molecule has 0 amide bonds. The summed E-state index contributed by atoms with van der Waals surface area (Å²) in [4.78, 5) is 11.6. The van der Waals surface area contributed by atoms with E-state index in [0.29, 0.717) is 25.0 Å². The van der Waals surface area contributed by atoms with E-state index in [0.717, 1.165) is 25.7 Å². The molecule has 5 nitrogen and oxygen atoms in total. The van der Waals surface area contributed by atoms with E-state index in [4.69, 9.17) is 16.5 Å². The predicted molar refractivity (Wildman–Crippen MR) is 98.8 cm³/mol. The summed E-state index contributed by atoms with van der Waals surface area (Å²) in [5, 5.41) is 10.2. The molecule has 0 aliphatic heterocycles. The molecular formula is C15H34N3O2PS. The second-order valence-corrected chi connectivity index (χ2v) is 9.96. The number of hydrogen-bond acceptors (Lipinski definition) is 4. The molecule has 0 rings (SSSR count). The molecule has 0 saturated heterocycles. The Hall–Kier alpha value is -0.0000000000000000694. The van der Waals surface area contributed by atoms with Crippen LogP contribution in [0, 0.1) is 0 Å². The molecule has 0 aliphatic carbocycles. The number of carbonyl (C=O) groups is 1. The van der Waals surface area contributed by atoms with Crippen molar-refractivity contribution >= 4 is 24.1 Å². The van der Waals surface area contributed by atoms with Crippen molar-refractivity contribution in [3.8, 4) is 0 Å². The van der Waals surface area contributed by atoms with Gasteiger partial charge in [0.15, 0.2) is 0 Å². The number of unbranched alkanes of at least 4 members (excludes halogenated alkanes) is 1. The van der Waals surface area contributed by atoms with Crippen LogP contribution < -0.4 is 15.5 Å². The van der Waals surface area contributed by atoms with Gasteiger partial charge in [-0.05, 0) is 33.1 Å². The van der Waals surface area contributed by atoms with Gasteiger partial charge in [-0.25, -0.2) is 0 Å². The number of nitrogens with one attached hydrogen (secondary N) is 3. The smallest absolute Gasteiger partial charge is 0.319 e. The van der Waals surface area contributed by atoms with Gasteiger partial charge in [0.1, 0.15) is 0 Å². The van der Waals surface area contributed by atoms with Gasteiger partial charge in [-0.3, -0.25) is 20.3 Å². The average molecular weight is 351 g/mol. The minimum atomic E-state index is -1.94. The molecule has 132 valence electrons. The van der Waals surface area contributed by atoms with Crippen LogP contribution in [0.3, 0.4) is 0 Å². The summed E-state index contributed by atoms with van der Waals surface area (Å²) in [6.07, 6.45) is 2.65. The normalized spacial score (nSPS) is 16.8. The monoisotopic (exact) mass is 351 g/mol. The zero-order valence-electron chi connectivity index (χ0n) is 14.8. The van der Waals surface area contributed by atoms with E-state index in [1.165, 1.54) is 0 Å². The number of carbonyl (C=O) groups excluding carboxylic acids is 1. The Morgan fingerprint density at radius 3 is 2.14 bits per heavy atom. The average Bonchev–Trinajstić information content (AvgIpc) is 2.46. The van der Waals surface area contributed by atoms with Crippen LogP contribution in [0.5, 0.6) is 0 Å². The Labute approximate surface area is 141 Å². The van der Waals surface area contributed by atoms with Crippen molar-refractivity contribution in [3.63, 3.8) is 0 Å². The molecule has 0 fully saturated rings. The van der Waals surface area contributed by atoms with Crippen molar-refractivity contribution in [1.29, 1.82) is 0 Å². The third-order valence-corrected chi connectivity index (χ3v) is 6.85. The van der Waals surface area contributed by atoms with Gasteiger partial charge in [0.2, 0.25) is 0 Å². The molecule has 0 saturated carbocycles. The first-order valence-electron chi connectivity index (χ1n) is 8.37. The Morgan fingerprint density at radius 1 is 1.14 bits per heavy atom. The quantitative estimate of drug-likeness (QED) is 0.269. The maximum absolute atomic E-state index is 11.6. The topological polar surface area (TPSA) is 62.4 Å². The van der Waals surface area contributed by atoms with Crippen molar-refractivity contribution in [3.05, 3.63) is 0 Å². The summed E-state index contributed by atoms with van der Waals surface area (Å²) >= 11 is 5.82. The molecule has 0 heterocycles. The van der Waals surface area contributed by atoms with Gasteiger partial charge in [0.25, 0.3) is 0 Å². The largest absolute Gasteiger partial charge is 0.465 e. The Bertz CT molecular complexity index is 340. The van der Waals surface area contributed by atoms with Crippen LogP contribution in [-0.4, -0.2) is 37.5 Å². The van der Waals surface area contributed by atoms with E-state index < -0.39 is 6.34 Å². The lowest BCUT2D eigenvalue weighted by molar-refractivity contribution is -0.142. The highest BCUT2D eigenvalue weighted by atomic mass is 32.4. The van der Waals surface area contributed by atoms with Crippen LogP contribution in [0.4, 0.5) is 0 Å². The highest BCUT2D eigenvalue weighted by molar-refractivity contribution is 8.12. The van der Waals surface area contributed by atoms with Crippen LogP contribution in [0.1, 0.15) is 60.3 Å². The van der Waals surface area contributed by atoms with Gasteiger partial charge in [0, 0.05) is 12.1 Å². The molecule has 0 radical (unpaired) electrons. The molecular weight excluding hydrogens is 317 g/mol. The van der Waals surface area contributed by atoms with Gasteiger partial charge >= 0.3 is 5.97 Å². The summed E-state index contributed by atoms with van der Waals surface area (Å²) in [5.74, 6) is -0.206. The first-order valence-corrected chi connectivity index (χ1v) is 11.4. The zero-order valence-corrected chi connectivity index (χ0v) is 16.5. The predicted octanol–water partition coefficient (Wildman–Crippen LogP) is 2.96. The summed E-state index contributed by atoms with van der Waals surface area (Å²) < 4.78 is 5.14. The minimum absolute atomic E-state index is 0.206. The summed E-state index contributed by atoms with van der Waals surface area (Å²) in [7, 11) is 0. The van der Waals surface area contributed by atoms with Gasteiger partial charge in [-0.2, -0.15) is 0 Å². The first-order chi connectivity index (χ1) is 10.4. The van der Waals surface area contributed by atoms with E-state index in [1.807, 2.05) is 0 Å². The molecule has 0 aliphatic rings. The molecule has 0 spiro atoms. The molecule has 0 bridgehead atoms. The molecule has 7 heteroatoms. The second kappa shape index (κ2) is 12.4. The van der Waals surface area contributed by atoms with Crippen LogP contribution in [0.25, 0.3) is 0 Å². The van der Waals surface area contributed by atoms with E-state index in [-0.39, 0.29) is 12.5 Å². The van der Waals surface area contributed by atoms with Gasteiger partial charge in [-0.1, -0.05) is 39.0 Å². The van der Waals surface area contributed by atoms with Gasteiger partial charge in [0.05, 0.1) is 25.8 Å². The second-order valence-electron chi connectivity index (χ2n) is 5.78. The first kappa shape index (κ1) is 22.0. The number of rotatable bonds is 13. The molecule has 2 unspecified atom stereocenters. The molecule has 3 N–H and O–H groups in total. The Kier molecular flexibility index (Phi) is 12.4. The van der Waals surface area contributed by atoms with Gasteiger partial charge < -0.3 is 4.74 Å². The van der Waals surface area contributed by atoms with E-state index >= 15 is 0 Å². The molecule has 0 aromatic heterocycles. The fraction of sp³-hybridized carbons (Fsp3) is 0.933. The summed E-state index contributed by atoms with van der Waals surface area (Å²) in [5.41, 5.74) is 0. The Balaban J connectivity index is 4.34. The number of hydrogen-bond donors (Lipinski definition) is 3. The highest BCUT2D eigenvalue weighted by Gasteiger charge is 2.20. The zero-order chi connectivity index (χ0) is 17.0. The van der Waals surface area contributed by atoms with Crippen molar-refractivity contribution in [2.75, 3.05) is 19.4 Å². The van der Waals surface area contributed by atoms with Crippen molar-refractivity contribution in [2.24, 2.45) is 0 Å². The lowest BCUT2D eigenvalue weighted by Gasteiger charge is -2.30. The van der Waals surface area contributed by atoms with Crippen LogP contribution in [-0.2, 0) is 21.3 Å². The lowest BCUT2D eigenvalue weighted by atomic mass is 10.3. The van der Waals surface area contributed by atoms with Crippen LogP contribution in [0.2, 0.25) is 0 Å². The SMILES string of the molecule is CCCCOC(=O)CNCP(=S)(NC(C)CC)NC(C)CC. The molecule has 0 aromatic rings. The van der Waals surface area contributed by atoms with Crippen molar-refractivity contribution < 1.29 is 9.53 Å². The fourth-order valence-electron chi connectivity index (χ4n) is 1.72. The van der Waals surface area contributed by atoms with Crippen LogP contribution in [0.15, 0.2) is 0 Å². The standard InChI is InChI=1S/C15H34N3O2PS/c1-6-9-10-20-15(19)11-16-12-21(22,17-13(4)7-2)18-14(5)8-3/h13-14,16H,6-12H2,1-5H3,(H2,17,18,22). The lowest BCUT2D eigenvalue weighted by Crippen LogP contribution is -2.39. The maximum atomic E-state index is 11.6.